The van der Waals surface area contributed by atoms with Crippen LogP contribution >= 0.6 is 0 Å². The molecule has 5 heterocycles. The highest BCUT2D eigenvalue weighted by molar-refractivity contribution is 7.91. The molecule has 4 aromatic rings. The SMILES string of the molecule is C[C@@H]1CN(c2cccc(-c3ccc4cnc(CNC(=O)c5cc(F)c6c(c5)S(=O)(=O)CCO[C@@H]6C)cc4n3)n2)C[C@H](C)O1. The molecule has 1 amide bonds. The third-order valence-corrected chi connectivity index (χ3v) is 9.33. The molecule has 1 fully saturated rings. The fourth-order valence-electron chi connectivity index (χ4n) is 5.58. The molecule has 2 aliphatic rings. The number of sulfone groups is 1. The van der Waals surface area contributed by atoms with Crippen molar-refractivity contribution in [2.75, 3.05) is 30.3 Å². The number of morpholine rings is 1. The summed E-state index contributed by atoms with van der Waals surface area (Å²) < 4.78 is 51.7. The van der Waals surface area contributed by atoms with Gasteiger partial charge in [0.2, 0.25) is 0 Å². The van der Waals surface area contributed by atoms with Gasteiger partial charge in [-0.05, 0) is 63.2 Å². The van der Waals surface area contributed by atoms with Gasteiger partial charge in [0.1, 0.15) is 11.6 Å². The number of carbonyl (C=O) groups excluding carboxylic acids is 1. The normalized spacial score (nSPS) is 21.7. The van der Waals surface area contributed by atoms with E-state index in [1.54, 1.807) is 19.2 Å². The van der Waals surface area contributed by atoms with E-state index in [0.29, 0.717) is 16.9 Å². The number of amides is 1. The summed E-state index contributed by atoms with van der Waals surface area (Å²) in [6.07, 6.45) is 1.15. The smallest absolute Gasteiger partial charge is 0.251 e. The molecule has 1 saturated heterocycles. The van der Waals surface area contributed by atoms with Crippen molar-refractivity contribution in [2.45, 2.75) is 50.5 Å². The van der Waals surface area contributed by atoms with Crippen LogP contribution in [0.25, 0.3) is 22.3 Å². The van der Waals surface area contributed by atoms with Crippen LogP contribution in [0.3, 0.4) is 0 Å². The number of fused-ring (bicyclic) bond motifs is 2. The largest absolute Gasteiger partial charge is 0.373 e. The molecule has 3 aromatic heterocycles. The van der Waals surface area contributed by atoms with Crippen molar-refractivity contribution < 1.29 is 27.1 Å². The summed E-state index contributed by atoms with van der Waals surface area (Å²) in [6.45, 7) is 7.20. The van der Waals surface area contributed by atoms with Gasteiger partial charge in [-0.2, -0.15) is 0 Å². The summed E-state index contributed by atoms with van der Waals surface area (Å²) >= 11 is 0. The van der Waals surface area contributed by atoms with Crippen LogP contribution in [0.1, 0.15) is 48.5 Å². The zero-order valence-electron chi connectivity index (χ0n) is 24.1. The van der Waals surface area contributed by atoms with Gasteiger partial charge in [0, 0.05) is 35.8 Å². The highest BCUT2D eigenvalue weighted by atomic mass is 32.2. The number of rotatable bonds is 5. The van der Waals surface area contributed by atoms with Crippen molar-refractivity contribution in [3.8, 4) is 11.4 Å². The van der Waals surface area contributed by atoms with Gasteiger partial charge in [-0.25, -0.2) is 22.8 Å². The minimum Gasteiger partial charge on any atom is -0.373 e. The quantitative estimate of drug-likeness (QED) is 0.356. The molecule has 0 aliphatic carbocycles. The molecule has 10 nitrogen and oxygen atoms in total. The van der Waals surface area contributed by atoms with Crippen LogP contribution in [-0.4, -0.2) is 66.9 Å². The number of benzene rings is 1. The number of hydrogen-bond acceptors (Lipinski definition) is 9. The Morgan fingerprint density at radius 2 is 1.81 bits per heavy atom. The van der Waals surface area contributed by atoms with Crippen molar-refractivity contribution >= 4 is 32.5 Å². The number of pyridine rings is 3. The molecule has 2 aliphatic heterocycles. The van der Waals surface area contributed by atoms with E-state index in [4.69, 9.17) is 19.4 Å². The second-order valence-electron chi connectivity index (χ2n) is 11.0. The first-order chi connectivity index (χ1) is 20.6. The summed E-state index contributed by atoms with van der Waals surface area (Å²) in [4.78, 5) is 29.1. The second-order valence-corrected chi connectivity index (χ2v) is 13.1. The first kappa shape index (κ1) is 29.1. The Labute approximate surface area is 249 Å². The summed E-state index contributed by atoms with van der Waals surface area (Å²) in [6, 6.07) is 13.7. The molecule has 43 heavy (non-hydrogen) atoms. The second kappa shape index (κ2) is 11.6. The number of halogens is 1. The topological polar surface area (TPSA) is 124 Å². The number of nitrogens with zero attached hydrogens (tertiary/aromatic N) is 4. The Hall–Kier alpha value is -4.00. The van der Waals surface area contributed by atoms with E-state index in [1.807, 2.05) is 30.3 Å². The average Bonchev–Trinajstić information content (AvgIpc) is 3.09. The summed E-state index contributed by atoms with van der Waals surface area (Å²) in [5.74, 6) is -0.831. The van der Waals surface area contributed by atoms with Crippen LogP contribution in [0.2, 0.25) is 0 Å². The molecule has 0 bridgehead atoms. The zero-order valence-corrected chi connectivity index (χ0v) is 24.9. The van der Waals surface area contributed by atoms with Gasteiger partial charge >= 0.3 is 0 Å². The molecule has 6 rings (SSSR count). The van der Waals surface area contributed by atoms with Crippen molar-refractivity contribution in [2.24, 2.45) is 0 Å². The monoisotopic (exact) mass is 605 g/mol. The number of ether oxygens (including phenoxy) is 2. The van der Waals surface area contributed by atoms with Gasteiger partial charge in [-0.3, -0.25) is 9.78 Å². The predicted molar refractivity (Wildman–Crippen MR) is 159 cm³/mol. The van der Waals surface area contributed by atoms with Crippen LogP contribution in [0.5, 0.6) is 0 Å². The van der Waals surface area contributed by atoms with E-state index in [-0.39, 0.29) is 47.1 Å². The van der Waals surface area contributed by atoms with Gasteiger partial charge in [-0.1, -0.05) is 6.07 Å². The first-order valence-electron chi connectivity index (χ1n) is 14.2. The summed E-state index contributed by atoms with van der Waals surface area (Å²) in [5, 5.41) is 3.53. The molecule has 0 radical (unpaired) electrons. The molecule has 1 N–H and O–H groups in total. The van der Waals surface area contributed by atoms with Crippen LogP contribution in [0, 0.1) is 5.82 Å². The number of carbonyl (C=O) groups is 1. The number of anilines is 1. The molecule has 0 spiro atoms. The van der Waals surface area contributed by atoms with E-state index in [1.165, 1.54) is 6.07 Å². The third kappa shape index (κ3) is 6.08. The Kier molecular flexibility index (Phi) is 7.84. The molecular formula is C31H32FN5O5S. The Balaban J connectivity index is 1.21. The number of hydrogen-bond donors (Lipinski definition) is 1. The van der Waals surface area contributed by atoms with Gasteiger partial charge in [0.05, 0.1) is 64.7 Å². The maximum absolute atomic E-state index is 15.0. The molecule has 3 atom stereocenters. The molecule has 12 heteroatoms. The van der Waals surface area contributed by atoms with Crippen molar-refractivity contribution in [3.63, 3.8) is 0 Å². The van der Waals surface area contributed by atoms with Crippen LogP contribution in [0.15, 0.2) is 59.6 Å². The van der Waals surface area contributed by atoms with Crippen LogP contribution < -0.4 is 10.2 Å². The van der Waals surface area contributed by atoms with Crippen LogP contribution in [-0.2, 0) is 25.9 Å². The highest BCUT2D eigenvalue weighted by Gasteiger charge is 2.30. The van der Waals surface area contributed by atoms with Crippen molar-refractivity contribution in [1.82, 2.24) is 20.3 Å². The number of aromatic nitrogens is 3. The lowest BCUT2D eigenvalue weighted by molar-refractivity contribution is -0.00545. The van der Waals surface area contributed by atoms with E-state index in [0.717, 1.165) is 36.1 Å². The lowest BCUT2D eigenvalue weighted by Crippen LogP contribution is -2.45. The Morgan fingerprint density at radius 3 is 2.60 bits per heavy atom. The average molecular weight is 606 g/mol. The van der Waals surface area contributed by atoms with Crippen molar-refractivity contribution in [3.05, 3.63) is 77.4 Å². The van der Waals surface area contributed by atoms with Gasteiger partial charge in [-0.15, -0.1) is 0 Å². The fraction of sp³-hybridized carbons (Fsp3) is 0.355. The van der Waals surface area contributed by atoms with E-state index < -0.39 is 27.7 Å². The number of nitrogens with one attached hydrogen (secondary N) is 1. The van der Waals surface area contributed by atoms with Crippen LogP contribution in [0.4, 0.5) is 10.2 Å². The maximum atomic E-state index is 15.0. The molecular weight excluding hydrogens is 573 g/mol. The first-order valence-corrected chi connectivity index (χ1v) is 15.8. The van der Waals surface area contributed by atoms with Gasteiger partial charge in [0.15, 0.2) is 9.84 Å². The lowest BCUT2D eigenvalue weighted by Gasteiger charge is -2.36. The van der Waals surface area contributed by atoms with E-state index in [2.05, 4.69) is 29.0 Å². The van der Waals surface area contributed by atoms with E-state index in [9.17, 15) is 17.6 Å². The molecule has 224 valence electrons. The lowest BCUT2D eigenvalue weighted by atomic mass is 10.1. The summed E-state index contributed by atoms with van der Waals surface area (Å²) in [5.41, 5.74) is 2.50. The van der Waals surface area contributed by atoms with Gasteiger partial charge in [0.25, 0.3) is 5.91 Å². The summed E-state index contributed by atoms with van der Waals surface area (Å²) in [7, 11) is -3.80. The molecule has 1 aromatic carbocycles. The third-order valence-electron chi connectivity index (χ3n) is 7.62. The van der Waals surface area contributed by atoms with Gasteiger partial charge < -0.3 is 19.7 Å². The minimum absolute atomic E-state index is 0.0345. The van der Waals surface area contributed by atoms with E-state index >= 15 is 0 Å². The Morgan fingerprint density at radius 1 is 1.05 bits per heavy atom. The van der Waals surface area contributed by atoms with Crippen molar-refractivity contribution in [1.29, 1.82) is 0 Å². The molecule has 0 unspecified atom stereocenters. The minimum atomic E-state index is -3.80. The highest BCUT2D eigenvalue weighted by Crippen LogP contribution is 2.32. The fourth-order valence-corrected chi connectivity index (χ4v) is 7.02. The standard InChI is InChI=1S/C31H32FN5O5S/c1-18-16-37(17-19(2)42-18)29-6-4-5-25(36-29)26-8-7-21-14-33-23(13-27(21)35-26)15-34-31(38)22-11-24(32)30-20(3)41-9-10-43(39,40)28(30)12-22/h4-8,11-14,18-20H,9-10,15-17H2,1-3H3,(H,34,38)/t18-,19+,20-/m1/s1. The molecule has 0 saturated carbocycles. The maximum Gasteiger partial charge on any atom is 0.251 e. The predicted octanol–water partition coefficient (Wildman–Crippen LogP) is 4.24. The zero-order chi connectivity index (χ0) is 30.3. The Bertz CT molecular complexity index is 1810.